The fourth-order valence-corrected chi connectivity index (χ4v) is 3.76. The molecule has 0 aliphatic carbocycles. The number of aliphatic imine (C=N–C) groups is 1. The number of methoxy groups -OCH3 is 1. The Bertz CT molecular complexity index is 579. The van der Waals surface area contributed by atoms with Gasteiger partial charge in [-0.25, -0.2) is 9.78 Å². The van der Waals surface area contributed by atoms with Crippen LogP contribution in [0.4, 0.5) is 4.79 Å². The van der Waals surface area contributed by atoms with Crippen molar-refractivity contribution in [1.29, 1.82) is 0 Å². The molecule has 1 amide bonds. The van der Waals surface area contributed by atoms with E-state index in [0.717, 1.165) is 42.5 Å². The maximum atomic E-state index is 11.5. The number of hydrogen-bond acceptors (Lipinski definition) is 5. The number of nitrogens with zero attached hydrogens (tertiary/aromatic N) is 3. The predicted molar refractivity (Wildman–Crippen MR) is 96.8 cm³/mol. The Hall–Kier alpha value is -1.83. The first-order valence-corrected chi connectivity index (χ1v) is 9.08. The highest BCUT2D eigenvalue weighted by molar-refractivity contribution is 7.11. The summed E-state index contributed by atoms with van der Waals surface area (Å²) in [6.45, 7) is 6.33. The SMILES string of the molecule is CN=C(NCCc1sc(C)nc1C)NC1CCN(C(=O)OC)CC1. The number of thiazole rings is 1. The fourth-order valence-electron chi connectivity index (χ4n) is 2.82. The lowest BCUT2D eigenvalue weighted by molar-refractivity contribution is 0.111. The van der Waals surface area contributed by atoms with Crippen LogP contribution in [0.3, 0.4) is 0 Å². The number of hydrogen-bond donors (Lipinski definition) is 2. The Kier molecular flexibility index (Phi) is 6.84. The van der Waals surface area contributed by atoms with Crippen LogP contribution in [0.25, 0.3) is 0 Å². The van der Waals surface area contributed by atoms with Crippen LogP contribution in [0.1, 0.15) is 28.4 Å². The summed E-state index contributed by atoms with van der Waals surface area (Å²) >= 11 is 1.75. The van der Waals surface area contributed by atoms with Gasteiger partial charge in [0.1, 0.15) is 0 Å². The second-order valence-electron chi connectivity index (χ2n) is 5.87. The second-order valence-corrected chi connectivity index (χ2v) is 7.15. The topological polar surface area (TPSA) is 78.9 Å². The van der Waals surface area contributed by atoms with E-state index in [2.05, 4.69) is 27.5 Å². The molecule has 8 heteroatoms. The van der Waals surface area contributed by atoms with Gasteiger partial charge >= 0.3 is 6.09 Å². The van der Waals surface area contributed by atoms with Gasteiger partial charge in [0.05, 0.1) is 17.8 Å². The quantitative estimate of drug-likeness (QED) is 0.636. The molecule has 7 nitrogen and oxygen atoms in total. The van der Waals surface area contributed by atoms with Crippen LogP contribution in [-0.2, 0) is 11.2 Å². The first kappa shape index (κ1) is 18.5. The van der Waals surface area contributed by atoms with E-state index in [9.17, 15) is 4.79 Å². The highest BCUT2D eigenvalue weighted by Gasteiger charge is 2.23. The predicted octanol–water partition coefficient (Wildman–Crippen LogP) is 1.70. The molecule has 1 aliphatic rings. The zero-order valence-corrected chi connectivity index (χ0v) is 15.7. The highest BCUT2D eigenvalue weighted by atomic mass is 32.1. The minimum Gasteiger partial charge on any atom is -0.453 e. The van der Waals surface area contributed by atoms with E-state index in [4.69, 9.17) is 4.74 Å². The molecule has 1 fully saturated rings. The summed E-state index contributed by atoms with van der Waals surface area (Å²) in [5, 5.41) is 7.91. The number of ether oxygens (including phenoxy) is 1. The molecule has 0 spiro atoms. The molecular formula is C16H27N5O2S. The number of aryl methyl sites for hydroxylation is 2. The molecule has 2 rings (SSSR count). The summed E-state index contributed by atoms with van der Waals surface area (Å²) < 4.78 is 4.76. The zero-order valence-electron chi connectivity index (χ0n) is 14.9. The number of aromatic nitrogens is 1. The largest absolute Gasteiger partial charge is 0.453 e. The number of nitrogens with one attached hydrogen (secondary N) is 2. The van der Waals surface area contributed by atoms with E-state index in [0.29, 0.717) is 19.1 Å². The minimum absolute atomic E-state index is 0.244. The van der Waals surface area contributed by atoms with Crippen molar-refractivity contribution < 1.29 is 9.53 Å². The van der Waals surface area contributed by atoms with Gasteiger partial charge in [0.25, 0.3) is 0 Å². The van der Waals surface area contributed by atoms with Gasteiger partial charge in [-0.1, -0.05) is 0 Å². The molecule has 0 radical (unpaired) electrons. The third-order valence-corrected chi connectivity index (χ3v) is 5.27. The Morgan fingerprint density at radius 3 is 2.67 bits per heavy atom. The third kappa shape index (κ3) is 5.09. The Labute approximate surface area is 147 Å². The first-order valence-electron chi connectivity index (χ1n) is 8.26. The monoisotopic (exact) mass is 353 g/mol. The van der Waals surface area contributed by atoms with Crippen LogP contribution < -0.4 is 10.6 Å². The van der Waals surface area contributed by atoms with E-state index in [-0.39, 0.29) is 6.09 Å². The summed E-state index contributed by atoms with van der Waals surface area (Å²) in [5.41, 5.74) is 1.12. The summed E-state index contributed by atoms with van der Waals surface area (Å²) in [7, 11) is 3.20. The second kappa shape index (κ2) is 8.86. The summed E-state index contributed by atoms with van der Waals surface area (Å²) in [6.07, 6.45) is 2.48. The average molecular weight is 353 g/mol. The van der Waals surface area contributed by atoms with Gasteiger partial charge < -0.3 is 20.3 Å². The number of likely N-dealkylation sites (tertiary alicyclic amines) is 1. The van der Waals surface area contributed by atoms with Crippen LogP contribution in [0.5, 0.6) is 0 Å². The molecule has 1 aromatic rings. The molecule has 2 N–H and O–H groups in total. The van der Waals surface area contributed by atoms with Gasteiger partial charge in [0, 0.05) is 44.0 Å². The van der Waals surface area contributed by atoms with Crippen LogP contribution >= 0.6 is 11.3 Å². The molecule has 0 unspecified atom stereocenters. The lowest BCUT2D eigenvalue weighted by Gasteiger charge is -2.32. The molecule has 0 aromatic carbocycles. The Morgan fingerprint density at radius 2 is 2.12 bits per heavy atom. The Morgan fingerprint density at radius 1 is 1.42 bits per heavy atom. The lowest BCUT2D eigenvalue weighted by atomic mass is 10.1. The van der Waals surface area contributed by atoms with Gasteiger partial charge in [-0.3, -0.25) is 4.99 Å². The Balaban J connectivity index is 1.73. The maximum absolute atomic E-state index is 11.5. The molecule has 0 atom stereocenters. The molecule has 1 saturated heterocycles. The molecule has 134 valence electrons. The first-order chi connectivity index (χ1) is 11.5. The normalized spacial score (nSPS) is 16.2. The van der Waals surface area contributed by atoms with E-state index >= 15 is 0 Å². The van der Waals surface area contributed by atoms with E-state index in [1.54, 1.807) is 23.3 Å². The van der Waals surface area contributed by atoms with E-state index < -0.39 is 0 Å². The summed E-state index contributed by atoms with van der Waals surface area (Å²) in [6, 6.07) is 0.324. The number of guanidine groups is 1. The van der Waals surface area contributed by atoms with E-state index in [1.807, 2.05) is 6.92 Å². The average Bonchev–Trinajstić information content (AvgIpc) is 2.91. The molecule has 2 heterocycles. The molecule has 0 bridgehead atoms. The van der Waals surface area contributed by atoms with Crippen molar-refractivity contribution in [2.75, 3.05) is 33.8 Å². The smallest absolute Gasteiger partial charge is 0.409 e. The van der Waals surface area contributed by atoms with Crippen LogP contribution in [-0.4, -0.2) is 61.8 Å². The molecule has 0 saturated carbocycles. The molecule has 1 aromatic heterocycles. The third-order valence-electron chi connectivity index (χ3n) is 4.14. The standard InChI is InChI=1S/C16H27N5O2S/c1-11-14(24-12(2)19-11)5-8-18-15(17-3)20-13-6-9-21(10-7-13)16(22)23-4/h13H,5-10H2,1-4H3,(H2,17,18,20). The number of piperidine rings is 1. The van der Waals surface area contributed by atoms with Crippen molar-refractivity contribution in [2.24, 2.45) is 4.99 Å². The lowest BCUT2D eigenvalue weighted by Crippen LogP contribution is -2.50. The number of rotatable bonds is 4. The summed E-state index contributed by atoms with van der Waals surface area (Å²) in [4.78, 5) is 23.3. The van der Waals surface area contributed by atoms with Gasteiger partial charge in [0.15, 0.2) is 5.96 Å². The van der Waals surface area contributed by atoms with Crippen LogP contribution in [0.15, 0.2) is 4.99 Å². The maximum Gasteiger partial charge on any atom is 0.409 e. The summed E-state index contributed by atoms with van der Waals surface area (Å²) in [5.74, 6) is 0.811. The number of carbonyl (C=O) groups is 1. The van der Waals surface area contributed by atoms with Crippen molar-refractivity contribution in [3.05, 3.63) is 15.6 Å². The van der Waals surface area contributed by atoms with Crippen molar-refractivity contribution in [2.45, 2.75) is 39.2 Å². The zero-order chi connectivity index (χ0) is 17.5. The van der Waals surface area contributed by atoms with Gasteiger partial charge in [-0.15, -0.1) is 11.3 Å². The molecule has 24 heavy (non-hydrogen) atoms. The molecular weight excluding hydrogens is 326 g/mol. The van der Waals surface area contributed by atoms with Crippen LogP contribution in [0.2, 0.25) is 0 Å². The van der Waals surface area contributed by atoms with Gasteiger partial charge in [0.2, 0.25) is 0 Å². The van der Waals surface area contributed by atoms with Crippen molar-refractivity contribution in [1.82, 2.24) is 20.5 Å². The van der Waals surface area contributed by atoms with E-state index in [1.165, 1.54) is 12.0 Å². The highest BCUT2D eigenvalue weighted by Crippen LogP contribution is 2.17. The van der Waals surface area contributed by atoms with Crippen molar-refractivity contribution >= 4 is 23.4 Å². The fraction of sp³-hybridized carbons (Fsp3) is 0.688. The molecule has 1 aliphatic heterocycles. The van der Waals surface area contributed by atoms with Crippen molar-refractivity contribution in [3.8, 4) is 0 Å². The van der Waals surface area contributed by atoms with Crippen LogP contribution in [0, 0.1) is 13.8 Å². The van der Waals surface area contributed by atoms with Gasteiger partial charge in [-0.05, 0) is 26.7 Å². The number of amides is 1. The van der Waals surface area contributed by atoms with Crippen molar-refractivity contribution in [3.63, 3.8) is 0 Å². The minimum atomic E-state index is -0.244. The number of carbonyl (C=O) groups excluding carboxylic acids is 1. The van der Waals surface area contributed by atoms with Gasteiger partial charge in [-0.2, -0.15) is 0 Å².